The van der Waals surface area contributed by atoms with Gasteiger partial charge in [0.2, 0.25) is 17.5 Å². The number of rotatable bonds is 6. The number of amidine groups is 2. The molecule has 0 atom stereocenters. The second-order valence-corrected chi connectivity index (χ2v) is 49.7. The number of nitrogens with one attached hydrogen (secondary N) is 3. The van der Waals surface area contributed by atoms with Crippen LogP contribution >= 0.6 is 59.9 Å². The molecule has 0 aromatic carbocycles. The number of nitrogens with two attached hydrogens (primary N) is 1. The number of aromatic amines is 1. The van der Waals surface area contributed by atoms with Crippen LogP contribution in [0.15, 0.2) is 47.1 Å². The molecule has 7 N–H and O–H groups in total. The fourth-order valence-electron chi connectivity index (χ4n) is 5.74. The molecule has 4 aliphatic rings. The van der Waals surface area contributed by atoms with E-state index in [0.717, 1.165) is 78.0 Å². The summed E-state index contributed by atoms with van der Waals surface area (Å²) in [5.41, 5.74) is 11.8. The maximum atomic E-state index is 10.8. The Morgan fingerprint density at radius 2 is 1.23 bits per heavy atom. The van der Waals surface area contributed by atoms with E-state index in [-0.39, 0.29) is 17.3 Å². The average molecular weight is 1230 g/mol. The average Bonchev–Trinajstić information content (AvgIpc) is 4.05. The number of hydrogen-bond acceptors (Lipinski definition) is 17. The Kier molecular flexibility index (Phi) is 20.3. The number of nitrogen functional groups attached to an aromatic ring is 1. The van der Waals surface area contributed by atoms with Crippen LogP contribution in [0.25, 0.3) is 12.2 Å². The van der Waals surface area contributed by atoms with Crippen molar-refractivity contribution in [3.8, 4) is 17.2 Å². The van der Waals surface area contributed by atoms with Crippen LogP contribution in [-0.2, 0) is 34.2 Å². The molecule has 0 radical (unpaired) electrons. The van der Waals surface area contributed by atoms with E-state index in [1.165, 1.54) is 6.33 Å². The van der Waals surface area contributed by atoms with Crippen molar-refractivity contribution in [3.63, 3.8) is 0 Å². The Morgan fingerprint density at radius 1 is 0.758 bits per heavy atom. The quantitative estimate of drug-likeness (QED) is 0.0886. The first-order chi connectivity index (χ1) is 29.4. The van der Waals surface area contributed by atoms with Crippen LogP contribution in [0.1, 0.15) is 83.0 Å². The van der Waals surface area contributed by atoms with Gasteiger partial charge in [-0.05, 0) is 45.1 Å². The van der Waals surface area contributed by atoms with Gasteiger partial charge in [0.25, 0.3) is 0 Å². The second kappa shape index (κ2) is 24.6. The Balaban J connectivity index is 0.000000185. The number of hydrogen-bond donors (Lipinski definition) is 6. The molecule has 0 bridgehead atoms. The first-order valence-corrected chi connectivity index (χ1v) is 32.6. The fraction of sp³-hybridized carbons (Fsp3) is 0.400. The van der Waals surface area contributed by atoms with E-state index in [4.69, 9.17) is 24.7 Å². The number of carbonyl (C=O) groups is 1. The summed E-state index contributed by atoms with van der Waals surface area (Å²) < 4.78 is 22.8. The van der Waals surface area contributed by atoms with E-state index >= 15 is 0 Å². The number of aldehydes is 1. The van der Waals surface area contributed by atoms with E-state index in [1.807, 2.05) is 66.0 Å². The molecule has 18 nitrogen and oxygen atoms in total. The number of pyridine rings is 3. The van der Waals surface area contributed by atoms with E-state index in [2.05, 4.69) is 111 Å². The van der Waals surface area contributed by atoms with Gasteiger partial charge in [-0.2, -0.15) is 5.10 Å². The topological polar surface area (TPSA) is 249 Å². The minimum atomic E-state index is -0.652. The molecule has 62 heavy (non-hydrogen) atoms. The number of aromatic hydroxyl groups is 1. The molecule has 22 heteroatoms. The molecule has 0 unspecified atom stereocenters. The van der Waals surface area contributed by atoms with Crippen LogP contribution in [-0.4, -0.2) is 96.1 Å². The van der Waals surface area contributed by atoms with E-state index in [9.17, 15) is 15.0 Å². The molecule has 0 amide bonds. The number of fused-ring (bicyclic) bond motifs is 2. The molecule has 8 rings (SSSR count). The standard InChI is InChI=1S/C15H19N3O2.C12H15N3O2.C11H13NO3.C2H4N4.3HI.V/c1-10-14-12(9-19-15(2,3)20-14)11(8-18-10)4-5-13-16-6-7-17-13;1-8-12(17)10(7-16)9(6-15-8)2-3-11-13-4-5-14-11;1-7-10-9(8(5-13)4-12-7)6-14-11(2,3)15-10;3-2-4-1-5-6-2;;;;/h4-5,8H,6-7,9H2,1-3H3,(H,16,17);2-3,6,16-17H,4-5,7H2,1H3,(H,13,14);4-5H,6H2,1-3H3;1H,(H3,3,4,5,6);3*1H;/q;;;;;;;+3/p-3/b5-4+;3-2+;;;;;;. The van der Waals surface area contributed by atoms with Crippen molar-refractivity contribution in [2.24, 2.45) is 9.98 Å². The number of carbonyl (C=O) groups excluding carboxylic acids is 1. The van der Waals surface area contributed by atoms with Crippen molar-refractivity contribution < 1.29 is 38.9 Å². The van der Waals surface area contributed by atoms with Crippen LogP contribution in [0.3, 0.4) is 0 Å². The third-order valence-electron chi connectivity index (χ3n) is 8.86. The van der Waals surface area contributed by atoms with Gasteiger partial charge in [0.15, 0.2) is 12.0 Å². The molecule has 4 aliphatic heterocycles. The number of ether oxygens (including phenoxy) is 4. The number of anilines is 1. The van der Waals surface area contributed by atoms with Gasteiger partial charge in [-0.1, -0.05) is 0 Å². The summed E-state index contributed by atoms with van der Waals surface area (Å²) in [5.74, 6) is 2.40. The molecule has 0 aliphatic carbocycles. The predicted octanol–water partition coefficient (Wildman–Crippen LogP) is 6.54. The molecule has 0 fully saturated rings. The van der Waals surface area contributed by atoms with Crippen molar-refractivity contribution in [1.29, 1.82) is 0 Å². The van der Waals surface area contributed by atoms with Crippen molar-refractivity contribution in [2.75, 3.05) is 31.9 Å². The Morgan fingerprint density at radius 3 is 1.65 bits per heavy atom. The maximum absolute atomic E-state index is 10.8. The molecule has 334 valence electrons. The molecular formula is C40H51I3N11O7V. The van der Waals surface area contributed by atoms with Crippen molar-refractivity contribution in [3.05, 3.63) is 87.5 Å². The first-order valence-electron chi connectivity index (χ1n) is 19.1. The zero-order chi connectivity index (χ0) is 45.5. The van der Waals surface area contributed by atoms with Gasteiger partial charge in [-0.3, -0.25) is 29.7 Å². The van der Waals surface area contributed by atoms with Crippen molar-refractivity contribution in [1.82, 2.24) is 40.8 Å². The summed E-state index contributed by atoms with van der Waals surface area (Å²) in [7, 11) is 0. The number of aliphatic hydroxyl groups excluding tert-OH is 1. The molecule has 0 saturated carbocycles. The van der Waals surface area contributed by atoms with Gasteiger partial charge in [0.1, 0.15) is 29.5 Å². The SMILES string of the molecule is Cc1ncc(/C=C/C2=NCCN2)c(CO)c1O.Cc1ncc(/C=C/C2=NCCN2)c2c1OC(C)(C)OC2.Cc1ncc(C=O)c2c1OC(C)(C)OC2.Nc1ncn[nH]1.[I][V]([I])[I]. The summed E-state index contributed by atoms with van der Waals surface area (Å²) in [4.78, 5) is 35.2. The van der Waals surface area contributed by atoms with Crippen molar-refractivity contribution >= 4 is 96.0 Å². The van der Waals surface area contributed by atoms with Gasteiger partial charge in [-0.15, -0.1) is 0 Å². The molecular weight excluding hydrogens is 1180 g/mol. The summed E-state index contributed by atoms with van der Waals surface area (Å²) >= 11 is 7.39. The van der Waals surface area contributed by atoms with Crippen LogP contribution in [0, 0.1) is 20.8 Å². The number of nitrogens with zero attached hydrogens (tertiary/aromatic N) is 7. The van der Waals surface area contributed by atoms with Crippen molar-refractivity contribution in [2.45, 2.75) is 79.9 Å². The molecule has 4 aromatic heterocycles. The third-order valence-corrected chi connectivity index (χ3v) is 8.86. The van der Waals surface area contributed by atoms with Gasteiger partial charge in [0, 0.05) is 92.8 Å². The zero-order valence-corrected chi connectivity index (χ0v) is 43.2. The molecule has 0 saturated heterocycles. The zero-order valence-electron chi connectivity index (χ0n) is 35.4. The van der Waals surface area contributed by atoms with E-state index in [1.54, 1.807) is 25.4 Å². The van der Waals surface area contributed by atoms with Crippen LogP contribution in [0.4, 0.5) is 5.95 Å². The number of aromatic nitrogens is 6. The predicted molar refractivity (Wildman–Crippen MR) is 260 cm³/mol. The normalized spacial score (nSPS) is 16.4. The van der Waals surface area contributed by atoms with Crippen LogP contribution in [0.2, 0.25) is 0 Å². The molecule has 8 heterocycles. The van der Waals surface area contributed by atoms with Crippen LogP contribution in [0.5, 0.6) is 17.2 Å². The van der Waals surface area contributed by atoms with E-state index < -0.39 is 11.6 Å². The number of aliphatic hydroxyl groups is 1. The Bertz CT molecular complexity index is 2250. The molecule has 0 spiro atoms. The monoisotopic (exact) mass is 1230 g/mol. The Labute approximate surface area is 398 Å². The van der Waals surface area contributed by atoms with Crippen LogP contribution < -0.4 is 25.8 Å². The van der Waals surface area contributed by atoms with Gasteiger partial charge < -0.3 is 45.5 Å². The fourth-order valence-corrected chi connectivity index (χ4v) is 5.74. The summed E-state index contributed by atoms with van der Waals surface area (Å²) in [6, 6.07) is 0. The minimum absolute atomic E-state index is 0.0518. The van der Waals surface area contributed by atoms with Gasteiger partial charge in [0.05, 0.1) is 50.0 Å². The number of halogens is 3. The summed E-state index contributed by atoms with van der Waals surface area (Å²) in [6.07, 6.45) is 14.7. The van der Waals surface area contributed by atoms with Gasteiger partial charge in [-0.25, -0.2) is 10.1 Å². The van der Waals surface area contributed by atoms with E-state index in [0.29, 0.717) is 47.3 Å². The number of H-pyrrole nitrogens is 1. The number of aliphatic imine (C=N–C) groups is 2. The molecule has 4 aromatic rings. The third kappa shape index (κ3) is 16.0. The summed E-state index contributed by atoms with van der Waals surface area (Å²) in [5, 5.41) is 31.2. The summed E-state index contributed by atoms with van der Waals surface area (Å²) in [6.45, 7) is 17.1. The Hall–Kier alpha value is -3.47. The first kappa shape index (κ1) is 51.2. The van der Waals surface area contributed by atoms with Gasteiger partial charge >= 0.3 is 64.9 Å². The number of aryl methyl sites for hydroxylation is 3. The second-order valence-electron chi connectivity index (χ2n) is 14.3.